The van der Waals surface area contributed by atoms with Crippen molar-refractivity contribution in [2.75, 3.05) is 4.72 Å². The molecule has 0 atom stereocenters. The molecule has 0 saturated heterocycles. The van der Waals surface area contributed by atoms with Gasteiger partial charge in [0.2, 0.25) is 0 Å². The second kappa shape index (κ2) is 6.84. The molecule has 2 N–H and O–H groups in total. The maximum absolute atomic E-state index is 14.0. The number of carboxylic acids is 1. The quantitative estimate of drug-likeness (QED) is 0.698. The summed E-state index contributed by atoms with van der Waals surface area (Å²) in [6, 6.07) is 10.8. The Morgan fingerprint density at radius 3 is 2.48 bits per heavy atom. The molecule has 0 aliphatic rings. The van der Waals surface area contributed by atoms with Crippen molar-refractivity contribution in [1.82, 2.24) is 9.78 Å². The highest BCUT2D eigenvalue weighted by Gasteiger charge is 2.24. The Balaban J connectivity index is 2.01. The first kappa shape index (κ1) is 18.6. The van der Waals surface area contributed by atoms with Crippen LogP contribution in [0.3, 0.4) is 0 Å². The molecule has 1 heterocycles. The summed E-state index contributed by atoms with van der Waals surface area (Å²) in [5.41, 5.74) is 0.661. The normalized spacial score (nSPS) is 11.4. The van der Waals surface area contributed by atoms with Crippen LogP contribution in [-0.4, -0.2) is 29.3 Å². The van der Waals surface area contributed by atoms with Crippen molar-refractivity contribution in [3.63, 3.8) is 0 Å². The van der Waals surface area contributed by atoms with Gasteiger partial charge < -0.3 is 5.11 Å². The number of anilines is 1. The van der Waals surface area contributed by atoms with E-state index in [0.29, 0.717) is 5.56 Å². The van der Waals surface area contributed by atoms with Crippen molar-refractivity contribution in [2.24, 2.45) is 0 Å². The maximum atomic E-state index is 14.0. The van der Waals surface area contributed by atoms with Gasteiger partial charge in [0, 0.05) is 17.3 Å². The summed E-state index contributed by atoms with van der Waals surface area (Å²) in [6.07, 6.45) is 1.65. The summed E-state index contributed by atoms with van der Waals surface area (Å²) in [6.45, 7) is 2.94. The SMILES string of the molecule is Cc1cn(-c2ccccc2)nc1NS(=O)(=O)c1cc(C(=O)O)cc(F)c1C. The molecule has 0 radical (unpaired) electrons. The molecule has 3 rings (SSSR count). The molecule has 7 nitrogen and oxygen atoms in total. The molecular formula is C18H16FN3O4S. The van der Waals surface area contributed by atoms with Gasteiger partial charge in [0.25, 0.3) is 10.0 Å². The number of nitrogens with one attached hydrogen (secondary N) is 1. The minimum atomic E-state index is -4.24. The van der Waals surface area contributed by atoms with Crippen LogP contribution in [0.4, 0.5) is 10.2 Å². The molecule has 0 aliphatic carbocycles. The van der Waals surface area contributed by atoms with Crippen LogP contribution in [0.15, 0.2) is 53.6 Å². The Bertz CT molecular complexity index is 1130. The molecule has 2 aromatic carbocycles. The number of nitrogens with zero attached hydrogens (tertiary/aromatic N) is 2. The summed E-state index contributed by atoms with van der Waals surface area (Å²) in [5.74, 6) is -2.27. The van der Waals surface area contributed by atoms with Gasteiger partial charge in [0.1, 0.15) is 5.82 Å². The second-order valence-electron chi connectivity index (χ2n) is 5.93. The van der Waals surface area contributed by atoms with E-state index in [2.05, 4.69) is 9.82 Å². The molecule has 1 aromatic heterocycles. The van der Waals surface area contributed by atoms with Crippen LogP contribution in [0.5, 0.6) is 0 Å². The van der Waals surface area contributed by atoms with Crippen molar-refractivity contribution in [3.05, 3.63) is 71.2 Å². The molecule has 0 saturated carbocycles. The van der Waals surface area contributed by atoms with Gasteiger partial charge in [-0.15, -0.1) is 5.10 Å². The zero-order chi connectivity index (χ0) is 19.8. The Kier molecular flexibility index (Phi) is 4.71. The molecular weight excluding hydrogens is 373 g/mol. The van der Waals surface area contributed by atoms with Crippen molar-refractivity contribution >= 4 is 21.8 Å². The average molecular weight is 389 g/mol. The molecule has 0 unspecified atom stereocenters. The lowest BCUT2D eigenvalue weighted by molar-refractivity contribution is 0.0696. The molecule has 9 heteroatoms. The fourth-order valence-electron chi connectivity index (χ4n) is 2.51. The highest BCUT2D eigenvalue weighted by Crippen LogP contribution is 2.24. The van der Waals surface area contributed by atoms with Gasteiger partial charge in [0.15, 0.2) is 5.82 Å². The summed E-state index contributed by atoms with van der Waals surface area (Å²) >= 11 is 0. The van der Waals surface area contributed by atoms with Gasteiger partial charge in [-0.25, -0.2) is 22.3 Å². The minimum Gasteiger partial charge on any atom is -0.478 e. The smallest absolute Gasteiger partial charge is 0.335 e. The van der Waals surface area contributed by atoms with Crippen molar-refractivity contribution in [2.45, 2.75) is 18.7 Å². The van der Waals surface area contributed by atoms with Gasteiger partial charge in [0.05, 0.1) is 16.1 Å². The maximum Gasteiger partial charge on any atom is 0.335 e. The zero-order valence-electron chi connectivity index (χ0n) is 14.5. The van der Waals surface area contributed by atoms with Crippen LogP contribution in [0.25, 0.3) is 5.69 Å². The van der Waals surface area contributed by atoms with E-state index in [1.165, 1.54) is 11.6 Å². The number of hydrogen-bond donors (Lipinski definition) is 2. The lowest BCUT2D eigenvalue weighted by Gasteiger charge is -2.11. The Hall–Kier alpha value is -3.20. The van der Waals surface area contributed by atoms with Crippen molar-refractivity contribution in [3.8, 4) is 5.69 Å². The van der Waals surface area contributed by atoms with Crippen LogP contribution in [0.1, 0.15) is 21.5 Å². The third-order valence-corrected chi connectivity index (χ3v) is 5.45. The number of aryl methyl sites for hydroxylation is 1. The lowest BCUT2D eigenvalue weighted by atomic mass is 10.1. The van der Waals surface area contributed by atoms with Gasteiger partial charge in [-0.2, -0.15) is 0 Å². The third-order valence-electron chi connectivity index (χ3n) is 3.98. The molecule has 0 fully saturated rings. The van der Waals surface area contributed by atoms with Gasteiger partial charge in [-0.3, -0.25) is 4.72 Å². The van der Waals surface area contributed by atoms with Crippen LogP contribution in [0, 0.1) is 19.7 Å². The summed E-state index contributed by atoms with van der Waals surface area (Å²) in [5, 5.41) is 13.3. The predicted molar refractivity (Wildman–Crippen MR) is 97.2 cm³/mol. The molecule has 27 heavy (non-hydrogen) atoms. The summed E-state index contributed by atoms with van der Waals surface area (Å²) in [7, 11) is -4.24. The average Bonchev–Trinajstić information content (AvgIpc) is 2.97. The number of hydrogen-bond acceptors (Lipinski definition) is 4. The van der Waals surface area contributed by atoms with Crippen molar-refractivity contribution < 1.29 is 22.7 Å². The van der Waals surface area contributed by atoms with Crippen LogP contribution >= 0.6 is 0 Å². The van der Waals surface area contributed by atoms with Gasteiger partial charge >= 0.3 is 5.97 Å². The molecule has 0 amide bonds. The lowest BCUT2D eigenvalue weighted by Crippen LogP contribution is -2.17. The van der Waals surface area contributed by atoms with Gasteiger partial charge in [-0.05, 0) is 38.1 Å². The standard InChI is InChI=1S/C18H16FN3O4S/c1-11-10-22(14-6-4-3-5-7-14)20-17(11)21-27(25,26)16-9-13(18(23)24)8-15(19)12(16)2/h3-10H,1-2H3,(H,20,21)(H,23,24). The molecule has 3 aromatic rings. The minimum absolute atomic E-state index is 0.0689. The van der Waals surface area contributed by atoms with E-state index < -0.39 is 32.3 Å². The zero-order valence-corrected chi connectivity index (χ0v) is 15.3. The summed E-state index contributed by atoms with van der Waals surface area (Å²) < 4.78 is 43.3. The Morgan fingerprint density at radius 2 is 1.85 bits per heavy atom. The van der Waals surface area contributed by atoms with E-state index in [9.17, 15) is 17.6 Å². The summed E-state index contributed by atoms with van der Waals surface area (Å²) in [4.78, 5) is 10.7. The highest BCUT2D eigenvalue weighted by molar-refractivity contribution is 7.92. The number of rotatable bonds is 5. The number of halogens is 1. The fraction of sp³-hybridized carbons (Fsp3) is 0.111. The van der Waals surface area contributed by atoms with E-state index >= 15 is 0 Å². The monoisotopic (exact) mass is 389 g/mol. The first-order chi connectivity index (χ1) is 12.7. The number of carbonyl (C=O) groups is 1. The first-order valence-electron chi connectivity index (χ1n) is 7.87. The largest absolute Gasteiger partial charge is 0.478 e. The number of benzene rings is 2. The van der Waals surface area contributed by atoms with E-state index in [1.54, 1.807) is 25.3 Å². The van der Waals surface area contributed by atoms with Crippen LogP contribution < -0.4 is 4.72 Å². The molecule has 140 valence electrons. The van der Waals surface area contributed by atoms with Crippen LogP contribution in [0.2, 0.25) is 0 Å². The molecule has 0 aliphatic heterocycles. The molecule has 0 bridgehead atoms. The Morgan fingerprint density at radius 1 is 1.19 bits per heavy atom. The first-order valence-corrected chi connectivity index (χ1v) is 9.35. The van der Waals surface area contributed by atoms with Gasteiger partial charge in [-0.1, -0.05) is 18.2 Å². The number of aromatic nitrogens is 2. The van der Waals surface area contributed by atoms with Crippen LogP contribution in [-0.2, 0) is 10.0 Å². The predicted octanol–water partition coefficient (Wildman–Crippen LogP) is 3.13. The van der Waals surface area contributed by atoms with E-state index in [0.717, 1.165) is 17.8 Å². The number of aromatic carboxylic acids is 1. The second-order valence-corrected chi connectivity index (χ2v) is 7.58. The topological polar surface area (TPSA) is 101 Å². The van der Waals surface area contributed by atoms with E-state index in [-0.39, 0.29) is 11.4 Å². The third kappa shape index (κ3) is 3.68. The fourth-order valence-corrected chi connectivity index (χ4v) is 3.86. The highest BCUT2D eigenvalue weighted by atomic mass is 32.2. The number of para-hydroxylation sites is 1. The van der Waals surface area contributed by atoms with E-state index in [4.69, 9.17) is 5.11 Å². The number of sulfonamides is 1. The number of carboxylic acid groups (broad SMARTS) is 1. The molecule has 0 spiro atoms. The van der Waals surface area contributed by atoms with E-state index in [1.807, 2.05) is 18.2 Å². The Labute approximate surface area is 155 Å². The van der Waals surface area contributed by atoms with Crippen molar-refractivity contribution in [1.29, 1.82) is 0 Å².